The number of carbonyl (C=O) groups excluding carboxylic acids is 1. The first-order valence-electron chi connectivity index (χ1n) is 7.70. The molecule has 2 fully saturated rings. The predicted octanol–water partition coefficient (Wildman–Crippen LogP) is 2.07. The number of hydrogen-bond acceptors (Lipinski definition) is 5. The third-order valence-corrected chi connectivity index (χ3v) is 5.75. The summed E-state index contributed by atoms with van der Waals surface area (Å²) in [6.07, 6.45) is 4.89. The second-order valence-corrected chi connectivity index (χ2v) is 7.12. The normalized spacial score (nSPS) is 22.5. The minimum absolute atomic E-state index is 0.0783. The third kappa shape index (κ3) is 2.87. The number of likely N-dealkylation sites (N-methyl/N-ethyl adjacent to an activating group) is 1. The Kier molecular flexibility index (Phi) is 4.08. The van der Waals surface area contributed by atoms with Gasteiger partial charge < -0.3 is 21.3 Å². The van der Waals surface area contributed by atoms with Gasteiger partial charge in [0.25, 0.3) is 5.91 Å². The fraction of sp³-hybridized carbons (Fsp3) is 0.667. The fourth-order valence-corrected chi connectivity index (χ4v) is 4.26. The molecule has 2 heterocycles. The van der Waals surface area contributed by atoms with E-state index >= 15 is 0 Å². The molecule has 0 radical (unpaired) electrons. The van der Waals surface area contributed by atoms with Crippen LogP contribution in [0.4, 0.5) is 10.7 Å². The van der Waals surface area contributed by atoms with Gasteiger partial charge in [0.1, 0.15) is 4.88 Å². The van der Waals surface area contributed by atoms with Gasteiger partial charge in [-0.1, -0.05) is 0 Å². The van der Waals surface area contributed by atoms with Gasteiger partial charge in [-0.25, -0.2) is 0 Å². The number of anilines is 2. The molecule has 1 amide bonds. The van der Waals surface area contributed by atoms with Gasteiger partial charge in [-0.05, 0) is 45.2 Å². The van der Waals surface area contributed by atoms with Crippen LogP contribution >= 0.6 is 11.3 Å². The van der Waals surface area contributed by atoms with E-state index in [4.69, 9.17) is 5.73 Å². The zero-order valence-corrected chi connectivity index (χ0v) is 13.6. The van der Waals surface area contributed by atoms with Crippen LogP contribution in [-0.2, 0) is 0 Å². The van der Waals surface area contributed by atoms with Gasteiger partial charge in [-0.15, -0.1) is 11.3 Å². The summed E-state index contributed by atoms with van der Waals surface area (Å²) < 4.78 is 0. The van der Waals surface area contributed by atoms with E-state index in [9.17, 15) is 4.79 Å². The first-order chi connectivity index (χ1) is 10.1. The van der Waals surface area contributed by atoms with Crippen LogP contribution in [-0.4, -0.2) is 44.0 Å². The van der Waals surface area contributed by atoms with Crippen molar-refractivity contribution in [3.63, 3.8) is 0 Å². The summed E-state index contributed by atoms with van der Waals surface area (Å²) >= 11 is 1.51. The van der Waals surface area contributed by atoms with E-state index in [2.05, 4.69) is 22.6 Å². The van der Waals surface area contributed by atoms with Crippen molar-refractivity contribution >= 4 is 27.9 Å². The average Bonchev–Trinajstić information content (AvgIpc) is 3.14. The van der Waals surface area contributed by atoms with Gasteiger partial charge in [-0.3, -0.25) is 4.79 Å². The summed E-state index contributed by atoms with van der Waals surface area (Å²) in [6.45, 7) is 2.11. The van der Waals surface area contributed by atoms with Crippen molar-refractivity contribution in [1.29, 1.82) is 0 Å². The van der Waals surface area contributed by atoms with Crippen LogP contribution in [0.1, 0.15) is 46.8 Å². The molecule has 1 aromatic heterocycles. The van der Waals surface area contributed by atoms with Gasteiger partial charge in [0, 0.05) is 25.2 Å². The number of amides is 1. The van der Waals surface area contributed by atoms with Crippen molar-refractivity contribution < 1.29 is 4.79 Å². The Morgan fingerprint density at radius 1 is 1.43 bits per heavy atom. The minimum Gasteiger partial charge on any atom is -0.397 e. The molecule has 116 valence electrons. The summed E-state index contributed by atoms with van der Waals surface area (Å²) in [5.74, 6) is 0.467. The highest BCUT2D eigenvalue weighted by molar-refractivity contribution is 7.18. The van der Waals surface area contributed by atoms with Crippen molar-refractivity contribution in [3.05, 3.63) is 10.4 Å². The zero-order chi connectivity index (χ0) is 15.0. The molecule has 4 N–H and O–H groups in total. The molecule has 1 saturated carbocycles. The topological polar surface area (TPSA) is 70.4 Å². The van der Waals surface area contributed by atoms with E-state index in [1.807, 2.05) is 0 Å². The van der Waals surface area contributed by atoms with Crippen LogP contribution in [0.5, 0.6) is 0 Å². The number of hydrogen-bond donors (Lipinski definition) is 3. The second-order valence-electron chi connectivity index (χ2n) is 6.10. The predicted molar refractivity (Wildman–Crippen MR) is 88.2 cm³/mol. The first-order valence-corrected chi connectivity index (χ1v) is 8.51. The number of carbonyl (C=O) groups is 1. The Labute approximate surface area is 129 Å². The Hall–Kier alpha value is -1.27. The van der Waals surface area contributed by atoms with E-state index in [1.54, 1.807) is 7.05 Å². The van der Waals surface area contributed by atoms with Crippen molar-refractivity contribution in [2.45, 2.75) is 37.6 Å². The molecule has 3 rings (SSSR count). The van der Waals surface area contributed by atoms with Crippen LogP contribution in [0, 0.1) is 0 Å². The summed E-state index contributed by atoms with van der Waals surface area (Å²) in [5, 5.41) is 7.35. The fourth-order valence-electron chi connectivity index (χ4n) is 3.10. The van der Waals surface area contributed by atoms with Gasteiger partial charge in [0.05, 0.1) is 10.7 Å². The maximum absolute atomic E-state index is 11.9. The minimum atomic E-state index is -0.0783. The first kappa shape index (κ1) is 14.7. The quantitative estimate of drug-likeness (QED) is 0.779. The Morgan fingerprint density at radius 3 is 2.76 bits per heavy atom. The maximum Gasteiger partial charge on any atom is 0.263 e. The largest absolute Gasteiger partial charge is 0.397 e. The molecular formula is C15H24N4OS. The summed E-state index contributed by atoms with van der Waals surface area (Å²) in [6, 6.07) is 0.587. The monoisotopic (exact) mass is 308 g/mol. The number of rotatable bonds is 5. The molecule has 6 heteroatoms. The highest BCUT2D eigenvalue weighted by Crippen LogP contribution is 2.50. The van der Waals surface area contributed by atoms with Crippen LogP contribution in [0.25, 0.3) is 0 Å². The lowest BCUT2D eigenvalue weighted by Crippen LogP contribution is -2.31. The lowest BCUT2D eigenvalue weighted by atomic mass is 10.1. The lowest BCUT2D eigenvalue weighted by molar-refractivity contribution is 0.0968. The van der Waals surface area contributed by atoms with Gasteiger partial charge in [0.15, 0.2) is 0 Å². The van der Waals surface area contributed by atoms with Gasteiger partial charge in [-0.2, -0.15) is 0 Å². The number of thiophene rings is 1. The number of nitrogens with two attached hydrogens (primary N) is 1. The smallest absolute Gasteiger partial charge is 0.263 e. The van der Waals surface area contributed by atoms with Gasteiger partial charge >= 0.3 is 0 Å². The molecule has 1 aliphatic carbocycles. The number of nitrogen functional groups attached to an aromatic ring is 1. The summed E-state index contributed by atoms with van der Waals surface area (Å²) in [4.78, 5) is 15.0. The molecule has 21 heavy (non-hydrogen) atoms. The standard InChI is InChI=1S/C15H24N4OS/c1-17-14(20)13-12(16)11(9-5-6-9)15(21-13)18-8-10-4-3-7-19(10)2/h9-10,18H,3-8,16H2,1-2H3,(H,17,20). The van der Waals surface area contributed by atoms with Crippen molar-refractivity contribution in [2.24, 2.45) is 0 Å². The van der Waals surface area contributed by atoms with E-state index < -0.39 is 0 Å². The number of nitrogens with zero attached hydrogens (tertiary/aromatic N) is 1. The molecule has 0 spiro atoms. The Morgan fingerprint density at radius 2 is 2.19 bits per heavy atom. The average molecular weight is 308 g/mol. The highest BCUT2D eigenvalue weighted by Gasteiger charge is 2.33. The summed E-state index contributed by atoms with van der Waals surface area (Å²) in [7, 11) is 3.83. The van der Waals surface area contributed by atoms with E-state index in [1.165, 1.54) is 49.1 Å². The summed E-state index contributed by atoms with van der Waals surface area (Å²) in [5.41, 5.74) is 8.10. The molecular weight excluding hydrogens is 284 g/mol. The molecule has 1 aliphatic heterocycles. The van der Waals surface area contributed by atoms with Crippen LogP contribution in [0.2, 0.25) is 0 Å². The Bertz CT molecular complexity index is 538. The van der Waals surface area contributed by atoms with Gasteiger partial charge in [0.2, 0.25) is 0 Å². The molecule has 1 atom stereocenters. The molecule has 1 unspecified atom stereocenters. The lowest BCUT2D eigenvalue weighted by Gasteiger charge is -2.20. The molecule has 1 saturated heterocycles. The van der Waals surface area contributed by atoms with Crippen molar-refractivity contribution in [1.82, 2.24) is 10.2 Å². The maximum atomic E-state index is 11.9. The third-order valence-electron chi connectivity index (χ3n) is 4.57. The SMILES string of the molecule is CNC(=O)c1sc(NCC2CCCN2C)c(C2CC2)c1N. The van der Waals surface area contributed by atoms with E-state index in [-0.39, 0.29) is 5.91 Å². The van der Waals surface area contributed by atoms with Crippen molar-refractivity contribution in [2.75, 3.05) is 38.2 Å². The molecule has 5 nitrogen and oxygen atoms in total. The Balaban J connectivity index is 1.78. The molecule has 0 bridgehead atoms. The van der Waals surface area contributed by atoms with Crippen molar-refractivity contribution in [3.8, 4) is 0 Å². The highest BCUT2D eigenvalue weighted by atomic mass is 32.1. The number of nitrogens with one attached hydrogen (secondary N) is 2. The molecule has 0 aromatic carbocycles. The molecule has 2 aliphatic rings. The van der Waals surface area contributed by atoms with Crippen LogP contribution in [0.15, 0.2) is 0 Å². The van der Waals surface area contributed by atoms with E-state index in [0.717, 1.165) is 11.5 Å². The number of likely N-dealkylation sites (tertiary alicyclic amines) is 1. The van der Waals surface area contributed by atoms with Crippen LogP contribution < -0.4 is 16.4 Å². The zero-order valence-electron chi connectivity index (χ0n) is 12.7. The van der Waals surface area contributed by atoms with E-state index in [0.29, 0.717) is 22.5 Å². The second kappa shape index (κ2) is 5.85. The van der Waals surface area contributed by atoms with Crippen LogP contribution in [0.3, 0.4) is 0 Å². The molecule has 1 aromatic rings.